The molecule has 0 fully saturated rings. The van der Waals surface area contributed by atoms with Gasteiger partial charge in [0, 0.05) is 11.0 Å². The number of anilines is 2. The second kappa shape index (κ2) is 4.94. The molecule has 0 aliphatic carbocycles. The number of hydrogen-bond acceptors (Lipinski definition) is 2. The molecule has 5 heteroatoms. The number of hydrogen-bond donors (Lipinski definition) is 2. The van der Waals surface area contributed by atoms with Crippen LogP contribution in [0.2, 0.25) is 0 Å². The summed E-state index contributed by atoms with van der Waals surface area (Å²) in [4.78, 5) is 0. The molecular weight excluding hydrogens is 275 g/mol. The Kier molecular flexibility index (Phi) is 4.89. The van der Waals surface area contributed by atoms with E-state index in [9.17, 15) is 0 Å². The maximum absolute atomic E-state index is 5.76. The lowest BCUT2D eigenvalue weighted by Crippen LogP contribution is -1.95. The molecule has 1 aliphatic heterocycles. The summed E-state index contributed by atoms with van der Waals surface area (Å²) in [6.07, 6.45) is 1.07. The molecule has 1 aromatic rings. The molecule has 0 amide bonds. The summed E-state index contributed by atoms with van der Waals surface area (Å²) in [7, 11) is 0. The molecule has 0 atom stereocenters. The number of fused-ring (bicyclic) bond motifs is 1. The van der Waals surface area contributed by atoms with Crippen molar-refractivity contribution in [2.45, 2.75) is 6.42 Å². The van der Waals surface area contributed by atoms with Gasteiger partial charge in [0.15, 0.2) is 0 Å². The molecule has 0 aromatic heterocycles. The Morgan fingerprint density at radius 1 is 1.31 bits per heavy atom. The molecule has 0 bridgehead atoms. The third-order valence-electron chi connectivity index (χ3n) is 1.96. The minimum Gasteiger partial charge on any atom is -0.397 e. The first kappa shape index (κ1) is 12.9. The topological polar surface area (TPSA) is 38.0 Å². The van der Waals surface area contributed by atoms with E-state index < -0.39 is 0 Å². The van der Waals surface area contributed by atoms with Crippen LogP contribution in [0.25, 0.3) is 0 Å². The highest BCUT2D eigenvalue weighted by atomic mass is 79.9. The Morgan fingerprint density at radius 3 is 2.62 bits per heavy atom. The largest absolute Gasteiger partial charge is 0.397 e. The Labute approximate surface area is 98.2 Å². The third-order valence-corrected chi connectivity index (χ3v) is 2.71. The van der Waals surface area contributed by atoms with Crippen LogP contribution in [0, 0.1) is 0 Å². The van der Waals surface area contributed by atoms with Gasteiger partial charge in [-0.05, 0) is 24.1 Å². The number of nitrogens with one attached hydrogen (secondary N) is 1. The maximum Gasteiger partial charge on any atom is 0.0618 e. The van der Waals surface area contributed by atoms with Crippen LogP contribution in [0.3, 0.4) is 0 Å². The minimum absolute atomic E-state index is 0. The molecule has 1 aromatic carbocycles. The molecule has 3 N–H and O–H groups in total. The number of nitrogen functional groups attached to an aromatic ring is 1. The first-order valence-electron chi connectivity index (χ1n) is 3.60. The second-order valence-electron chi connectivity index (χ2n) is 2.67. The highest BCUT2D eigenvalue weighted by Crippen LogP contribution is 2.34. The van der Waals surface area contributed by atoms with Gasteiger partial charge in [-0.2, -0.15) is 0 Å². The van der Waals surface area contributed by atoms with Crippen LogP contribution in [0.5, 0.6) is 0 Å². The average Bonchev–Trinajstić information content (AvgIpc) is 2.45. The lowest BCUT2D eigenvalue weighted by atomic mass is 10.1. The van der Waals surface area contributed by atoms with Crippen LogP contribution < -0.4 is 11.1 Å². The normalized spacial score (nSPS) is 12.1. The predicted octanol–water partition coefficient (Wildman–Crippen LogP) is 2.84. The standard InChI is InChI=1S/C8H9BrN2.2ClH/c9-6-1-2-7(10)8-5(6)3-4-11-8;;/h1-2,11H,3-4,10H2;2*1H. The Hall–Kier alpha value is -0.120. The molecule has 2 nitrogen and oxygen atoms in total. The number of rotatable bonds is 0. The smallest absolute Gasteiger partial charge is 0.0618 e. The SMILES string of the molecule is Cl.Cl.Nc1ccc(Br)c2c1NCC2. The highest BCUT2D eigenvalue weighted by molar-refractivity contribution is 9.10. The summed E-state index contributed by atoms with van der Waals surface area (Å²) in [6.45, 7) is 1.00. The van der Waals surface area contributed by atoms with E-state index in [1.54, 1.807) is 0 Å². The first-order valence-corrected chi connectivity index (χ1v) is 4.39. The van der Waals surface area contributed by atoms with Gasteiger partial charge in [0.1, 0.15) is 0 Å². The van der Waals surface area contributed by atoms with Gasteiger partial charge in [-0.3, -0.25) is 0 Å². The molecule has 0 radical (unpaired) electrons. The van der Waals surface area contributed by atoms with E-state index in [1.807, 2.05) is 12.1 Å². The summed E-state index contributed by atoms with van der Waals surface area (Å²) < 4.78 is 1.16. The molecule has 74 valence electrons. The van der Waals surface area contributed by atoms with Crippen molar-refractivity contribution < 1.29 is 0 Å². The van der Waals surface area contributed by atoms with Gasteiger partial charge in [0.25, 0.3) is 0 Å². The summed E-state index contributed by atoms with van der Waals surface area (Å²) in [5.41, 5.74) is 9.03. The van der Waals surface area contributed by atoms with E-state index in [4.69, 9.17) is 5.73 Å². The quantitative estimate of drug-likeness (QED) is 0.720. The van der Waals surface area contributed by atoms with Crippen LogP contribution in [-0.2, 0) is 6.42 Å². The fourth-order valence-corrected chi connectivity index (χ4v) is 1.93. The first-order chi connectivity index (χ1) is 5.29. The lowest BCUT2D eigenvalue weighted by Gasteiger charge is -2.04. The van der Waals surface area contributed by atoms with Crippen molar-refractivity contribution >= 4 is 52.1 Å². The van der Waals surface area contributed by atoms with Gasteiger partial charge in [-0.15, -0.1) is 24.8 Å². The van der Waals surface area contributed by atoms with E-state index in [0.717, 1.165) is 28.8 Å². The fourth-order valence-electron chi connectivity index (χ4n) is 1.41. The average molecular weight is 286 g/mol. The fraction of sp³-hybridized carbons (Fsp3) is 0.250. The molecule has 0 spiro atoms. The van der Waals surface area contributed by atoms with Crippen LogP contribution in [0.1, 0.15) is 5.56 Å². The van der Waals surface area contributed by atoms with Crippen LogP contribution in [-0.4, -0.2) is 6.54 Å². The van der Waals surface area contributed by atoms with E-state index in [1.165, 1.54) is 5.56 Å². The molecule has 2 rings (SSSR count). The molecule has 0 saturated carbocycles. The number of benzene rings is 1. The van der Waals surface area contributed by atoms with Crippen LogP contribution in [0.15, 0.2) is 16.6 Å². The van der Waals surface area contributed by atoms with Crippen molar-refractivity contribution in [1.82, 2.24) is 0 Å². The van der Waals surface area contributed by atoms with E-state index >= 15 is 0 Å². The van der Waals surface area contributed by atoms with Crippen molar-refractivity contribution in [3.05, 3.63) is 22.2 Å². The van der Waals surface area contributed by atoms with Crippen molar-refractivity contribution in [3.63, 3.8) is 0 Å². The molecule has 13 heavy (non-hydrogen) atoms. The predicted molar refractivity (Wildman–Crippen MR) is 65.2 cm³/mol. The van der Waals surface area contributed by atoms with E-state index in [2.05, 4.69) is 21.2 Å². The van der Waals surface area contributed by atoms with Gasteiger partial charge in [0.2, 0.25) is 0 Å². The zero-order valence-corrected chi connectivity index (χ0v) is 10.1. The molecule has 0 unspecified atom stereocenters. The summed E-state index contributed by atoms with van der Waals surface area (Å²) in [6, 6.07) is 3.92. The summed E-state index contributed by atoms with van der Waals surface area (Å²) >= 11 is 3.49. The Balaban J connectivity index is 0.000000720. The van der Waals surface area contributed by atoms with Crippen molar-refractivity contribution in [2.24, 2.45) is 0 Å². The van der Waals surface area contributed by atoms with Crippen LogP contribution >= 0.6 is 40.7 Å². The second-order valence-corrected chi connectivity index (χ2v) is 3.52. The van der Waals surface area contributed by atoms with Gasteiger partial charge >= 0.3 is 0 Å². The van der Waals surface area contributed by atoms with Crippen molar-refractivity contribution in [2.75, 3.05) is 17.6 Å². The van der Waals surface area contributed by atoms with Crippen LogP contribution in [0.4, 0.5) is 11.4 Å². The van der Waals surface area contributed by atoms with Crippen molar-refractivity contribution in [3.8, 4) is 0 Å². The maximum atomic E-state index is 5.76. The van der Waals surface area contributed by atoms with Gasteiger partial charge < -0.3 is 11.1 Å². The van der Waals surface area contributed by atoms with Gasteiger partial charge in [0.05, 0.1) is 11.4 Å². The highest BCUT2D eigenvalue weighted by Gasteiger charge is 2.14. The molecule has 1 heterocycles. The van der Waals surface area contributed by atoms with E-state index in [-0.39, 0.29) is 24.8 Å². The van der Waals surface area contributed by atoms with Crippen molar-refractivity contribution in [1.29, 1.82) is 0 Å². The van der Waals surface area contributed by atoms with Gasteiger partial charge in [-0.25, -0.2) is 0 Å². The Morgan fingerprint density at radius 2 is 2.00 bits per heavy atom. The number of nitrogens with two attached hydrogens (primary N) is 1. The minimum atomic E-state index is 0. The molecule has 0 saturated heterocycles. The lowest BCUT2D eigenvalue weighted by molar-refractivity contribution is 1.10. The molecule has 1 aliphatic rings. The van der Waals surface area contributed by atoms with E-state index in [0.29, 0.717) is 0 Å². The van der Waals surface area contributed by atoms with Gasteiger partial charge in [-0.1, -0.05) is 15.9 Å². The summed E-state index contributed by atoms with van der Waals surface area (Å²) in [5, 5.41) is 3.25. The zero-order chi connectivity index (χ0) is 7.84. The summed E-state index contributed by atoms with van der Waals surface area (Å²) in [5.74, 6) is 0. The third kappa shape index (κ3) is 2.22. The zero-order valence-electron chi connectivity index (χ0n) is 6.84. The Bertz CT molecular complexity index is 275. The number of halogens is 3. The monoisotopic (exact) mass is 284 g/mol. The molecular formula is C8H11BrCl2N2.